The van der Waals surface area contributed by atoms with E-state index in [1.165, 1.54) is 0 Å². The van der Waals surface area contributed by atoms with Crippen molar-refractivity contribution in [2.45, 2.75) is 63.7 Å². The lowest BCUT2D eigenvalue weighted by molar-refractivity contribution is -0.173. The number of nitrogens with zero attached hydrogens (tertiary/aromatic N) is 3. The van der Waals surface area contributed by atoms with Crippen LogP contribution in [0.3, 0.4) is 0 Å². The number of anilines is 1. The van der Waals surface area contributed by atoms with E-state index in [-0.39, 0.29) is 30.2 Å². The van der Waals surface area contributed by atoms with E-state index in [1.807, 2.05) is 11.8 Å². The van der Waals surface area contributed by atoms with E-state index < -0.39 is 12.2 Å². The predicted molar refractivity (Wildman–Crippen MR) is 90.8 cm³/mol. The van der Waals surface area contributed by atoms with Crippen molar-refractivity contribution in [2.24, 2.45) is 11.8 Å². The van der Waals surface area contributed by atoms with Gasteiger partial charge in [-0.05, 0) is 31.6 Å². The van der Waals surface area contributed by atoms with Crippen LogP contribution >= 0.6 is 0 Å². The van der Waals surface area contributed by atoms with Crippen molar-refractivity contribution in [3.63, 3.8) is 0 Å². The summed E-state index contributed by atoms with van der Waals surface area (Å²) in [5.74, 6) is 1.26. The summed E-state index contributed by atoms with van der Waals surface area (Å²) >= 11 is 0. The summed E-state index contributed by atoms with van der Waals surface area (Å²) in [7, 11) is 0. The molecule has 1 saturated heterocycles. The molecule has 1 amide bonds. The van der Waals surface area contributed by atoms with Gasteiger partial charge in [0, 0.05) is 37.0 Å². The van der Waals surface area contributed by atoms with Crippen molar-refractivity contribution >= 4 is 11.7 Å². The predicted octanol–water partition coefficient (Wildman–Crippen LogP) is 3.55. The molecule has 3 aliphatic rings. The number of fused-ring (bicyclic) bond motifs is 1. The van der Waals surface area contributed by atoms with Gasteiger partial charge in [-0.25, -0.2) is 4.68 Å². The third-order valence-corrected chi connectivity index (χ3v) is 6.13. The molecule has 0 aromatic carbocycles. The monoisotopic (exact) mass is 370 g/mol. The molecular weight excluding hydrogens is 345 g/mol. The standard InChI is InChI=1S/C18H25F3N4O/c1-3-12-7-15(18(19,20)21)25-16(22-12)8-14(23-25)11-4-5-24(9-11)17(26)13-6-10(13)2/h8,10-13,15,22H,3-7,9H2,1-2H3/t10-,11-,12+,13+,15+/m0/s1. The number of aromatic nitrogens is 2. The van der Waals surface area contributed by atoms with Gasteiger partial charge in [0.05, 0.1) is 5.69 Å². The van der Waals surface area contributed by atoms with E-state index in [2.05, 4.69) is 17.3 Å². The molecule has 1 saturated carbocycles. The Kier molecular flexibility index (Phi) is 4.19. The molecule has 0 bridgehead atoms. The zero-order chi connectivity index (χ0) is 18.6. The van der Waals surface area contributed by atoms with Crippen molar-refractivity contribution in [3.8, 4) is 0 Å². The molecule has 5 atom stereocenters. The van der Waals surface area contributed by atoms with Crippen LogP contribution in [-0.4, -0.2) is 45.9 Å². The first-order valence-corrected chi connectivity index (χ1v) is 9.49. The Morgan fingerprint density at radius 3 is 2.73 bits per heavy atom. The van der Waals surface area contributed by atoms with Crippen molar-refractivity contribution in [1.29, 1.82) is 0 Å². The van der Waals surface area contributed by atoms with Gasteiger partial charge in [0.1, 0.15) is 5.82 Å². The van der Waals surface area contributed by atoms with Crippen molar-refractivity contribution < 1.29 is 18.0 Å². The number of amides is 1. The lowest BCUT2D eigenvalue weighted by Gasteiger charge is -2.32. The lowest BCUT2D eigenvalue weighted by atomic mass is 10.0. The van der Waals surface area contributed by atoms with Crippen LogP contribution in [0.15, 0.2) is 6.07 Å². The van der Waals surface area contributed by atoms with Gasteiger partial charge in [-0.3, -0.25) is 4.79 Å². The largest absolute Gasteiger partial charge is 0.410 e. The van der Waals surface area contributed by atoms with Crippen LogP contribution in [0.1, 0.15) is 57.2 Å². The molecule has 0 spiro atoms. The topological polar surface area (TPSA) is 50.2 Å². The summed E-state index contributed by atoms with van der Waals surface area (Å²) < 4.78 is 41.5. The molecular formula is C18H25F3N4O. The van der Waals surface area contributed by atoms with Gasteiger partial charge >= 0.3 is 6.18 Å². The van der Waals surface area contributed by atoms with Gasteiger partial charge < -0.3 is 10.2 Å². The fourth-order valence-corrected chi connectivity index (χ4v) is 4.24. The number of rotatable bonds is 3. The van der Waals surface area contributed by atoms with Gasteiger partial charge in [-0.1, -0.05) is 13.8 Å². The maximum absolute atomic E-state index is 13.5. The van der Waals surface area contributed by atoms with Gasteiger partial charge in [0.25, 0.3) is 0 Å². The molecule has 3 heterocycles. The number of likely N-dealkylation sites (tertiary alicyclic amines) is 1. The molecule has 1 aromatic heterocycles. The summed E-state index contributed by atoms with van der Waals surface area (Å²) in [6.45, 7) is 5.19. The number of hydrogen-bond donors (Lipinski definition) is 1. The Labute approximate surface area is 150 Å². The number of hydrogen-bond acceptors (Lipinski definition) is 3. The lowest BCUT2D eigenvalue weighted by Crippen LogP contribution is -2.38. The minimum atomic E-state index is -4.31. The maximum Gasteiger partial charge on any atom is 0.410 e. The highest BCUT2D eigenvalue weighted by Crippen LogP contribution is 2.43. The maximum atomic E-state index is 13.5. The minimum absolute atomic E-state index is 0.00294. The molecule has 2 aliphatic heterocycles. The fraction of sp³-hybridized carbons (Fsp3) is 0.778. The average molecular weight is 370 g/mol. The quantitative estimate of drug-likeness (QED) is 0.885. The van der Waals surface area contributed by atoms with Gasteiger partial charge in [0.15, 0.2) is 6.04 Å². The van der Waals surface area contributed by atoms with E-state index in [0.717, 1.165) is 17.5 Å². The molecule has 0 radical (unpaired) electrons. The molecule has 0 unspecified atom stereocenters. The van der Waals surface area contributed by atoms with Crippen LogP contribution in [-0.2, 0) is 4.79 Å². The zero-order valence-corrected chi connectivity index (χ0v) is 15.1. The minimum Gasteiger partial charge on any atom is -0.367 e. The molecule has 5 nitrogen and oxygen atoms in total. The summed E-state index contributed by atoms with van der Waals surface area (Å²) in [5, 5.41) is 7.50. The zero-order valence-electron chi connectivity index (χ0n) is 15.1. The molecule has 144 valence electrons. The molecule has 8 heteroatoms. The smallest absolute Gasteiger partial charge is 0.367 e. The number of alkyl halides is 3. The Hall–Kier alpha value is -1.73. The molecule has 1 aliphatic carbocycles. The van der Waals surface area contributed by atoms with Gasteiger partial charge in [-0.15, -0.1) is 0 Å². The van der Waals surface area contributed by atoms with Crippen LogP contribution in [0, 0.1) is 11.8 Å². The van der Waals surface area contributed by atoms with E-state index in [9.17, 15) is 18.0 Å². The number of carbonyl (C=O) groups excluding carboxylic acids is 1. The highest BCUT2D eigenvalue weighted by molar-refractivity contribution is 5.82. The van der Waals surface area contributed by atoms with Crippen molar-refractivity contribution in [3.05, 3.63) is 11.8 Å². The van der Waals surface area contributed by atoms with Crippen molar-refractivity contribution in [1.82, 2.24) is 14.7 Å². The first-order chi connectivity index (χ1) is 12.3. The summed E-state index contributed by atoms with van der Waals surface area (Å²) in [5.41, 5.74) is 0.664. The second kappa shape index (κ2) is 6.16. The van der Waals surface area contributed by atoms with Crippen LogP contribution in [0.2, 0.25) is 0 Å². The van der Waals surface area contributed by atoms with Crippen LogP contribution in [0.5, 0.6) is 0 Å². The van der Waals surface area contributed by atoms with Crippen LogP contribution in [0.25, 0.3) is 0 Å². The second-order valence-electron chi connectivity index (χ2n) is 8.03. The third kappa shape index (κ3) is 3.07. The van der Waals surface area contributed by atoms with E-state index in [0.29, 0.717) is 36.9 Å². The van der Waals surface area contributed by atoms with E-state index in [4.69, 9.17) is 0 Å². The van der Waals surface area contributed by atoms with Crippen LogP contribution < -0.4 is 5.32 Å². The van der Waals surface area contributed by atoms with Gasteiger partial charge in [0.2, 0.25) is 5.91 Å². The molecule has 4 rings (SSSR count). The average Bonchev–Trinajstić information content (AvgIpc) is 3.02. The first-order valence-electron chi connectivity index (χ1n) is 9.49. The van der Waals surface area contributed by atoms with Gasteiger partial charge in [-0.2, -0.15) is 18.3 Å². The summed E-state index contributed by atoms with van der Waals surface area (Å²) in [4.78, 5) is 14.3. The number of halogens is 3. The highest BCUT2D eigenvalue weighted by atomic mass is 19.4. The number of nitrogens with one attached hydrogen (secondary N) is 1. The Bertz CT molecular complexity index is 701. The molecule has 1 N–H and O–H groups in total. The SMILES string of the molecule is CC[C@@H]1C[C@H](C(F)(F)F)n2nc([C@H]3CCN(C(=O)[C@@H]4C[C@@H]4C)C3)cc2N1. The normalized spacial score (nSPS) is 33.7. The summed E-state index contributed by atoms with van der Waals surface area (Å²) in [6.07, 6.45) is -1.96. The molecule has 1 aromatic rings. The summed E-state index contributed by atoms with van der Waals surface area (Å²) in [6, 6.07) is -0.0283. The third-order valence-electron chi connectivity index (χ3n) is 6.13. The Morgan fingerprint density at radius 2 is 2.12 bits per heavy atom. The van der Waals surface area contributed by atoms with E-state index >= 15 is 0 Å². The van der Waals surface area contributed by atoms with Crippen molar-refractivity contribution in [2.75, 3.05) is 18.4 Å². The highest BCUT2D eigenvalue weighted by Gasteiger charge is 2.47. The van der Waals surface area contributed by atoms with E-state index in [1.54, 1.807) is 6.07 Å². The fourth-order valence-electron chi connectivity index (χ4n) is 4.24. The second-order valence-corrected chi connectivity index (χ2v) is 8.03. The molecule has 26 heavy (non-hydrogen) atoms. The number of carbonyl (C=O) groups is 1. The molecule has 2 fully saturated rings. The van der Waals surface area contributed by atoms with Crippen LogP contribution in [0.4, 0.5) is 19.0 Å². The Balaban J connectivity index is 1.52. The Morgan fingerprint density at radius 1 is 1.38 bits per heavy atom. The first kappa shape index (κ1) is 17.7.